The first-order valence-electron chi connectivity index (χ1n) is 5.91. The van der Waals surface area contributed by atoms with Crippen molar-refractivity contribution in [2.75, 3.05) is 13.2 Å². The molecule has 0 fully saturated rings. The maximum absolute atomic E-state index is 13.2. The molecule has 0 aliphatic rings. The minimum absolute atomic E-state index is 0.0858. The second kappa shape index (κ2) is 7.66. The Bertz CT molecular complexity index is 384. The number of carbonyl (C=O) groups excluding carboxylic acids is 1. The Morgan fingerprint density at radius 1 is 1.50 bits per heavy atom. The minimum atomic E-state index is -0.407. The topological polar surface area (TPSA) is 58.6 Å². The van der Waals surface area contributed by atoms with Gasteiger partial charge in [0.15, 0.2) is 11.6 Å². The van der Waals surface area contributed by atoms with Gasteiger partial charge in [-0.3, -0.25) is 4.79 Å². The molecule has 0 saturated carbocycles. The van der Waals surface area contributed by atoms with E-state index < -0.39 is 5.82 Å². The Balaban J connectivity index is 2.19. The minimum Gasteiger partial charge on any atom is -0.491 e. The second-order valence-electron chi connectivity index (χ2n) is 4.03. The average molecular weight is 255 g/mol. The number of ether oxygens (including phenoxy) is 1. The van der Waals surface area contributed by atoms with Crippen molar-refractivity contribution in [3.63, 3.8) is 0 Å². The molecule has 1 aromatic rings. The van der Waals surface area contributed by atoms with Crippen molar-refractivity contribution in [2.24, 2.45) is 0 Å². The van der Waals surface area contributed by atoms with Crippen LogP contribution in [-0.2, 0) is 4.79 Å². The highest BCUT2D eigenvalue weighted by atomic mass is 19.1. The quantitative estimate of drug-likeness (QED) is 0.726. The third-order valence-corrected chi connectivity index (χ3v) is 2.32. The van der Waals surface area contributed by atoms with Crippen molar-refractivity contribution in [3.05, 3.63) is 30.1 Å². The van der Waals surface area contributed by atoms with Crippen molar-refractivity contribution in [2.45, 2.75) is 25.8 Å². The van der Waals surface area contributed by atoms with E-state index in [2.05, 4.69) is 5.32 Å². The van der Waals surface area contributed by atoms with Gasteiger partial charge in [-0.15, -0.1) is 0 Å². The Morgan fingerprint density at radius 3 is 2.89 bits per heavy atom. The lowest BCUT2D eigenvalue weighted by atomic mass is 10.2. The fourth-order valence-electron chi connectivity index (χ4n) is 1.37. The van der Waals surface area contributed by atoms with E-state index in [1.54, 1.807) is 25.1 Å². The van der Waals surface area contributed by atoms with E-state index in [1.165, 1.54) is 6.07 Å². The number of aliphatic hydroxyl groups excluding tert-OH is 1. The highest BCUT2D eigenvalue weighted by molar-refractivity contribution is 5.76. The van der Waals surface area contributed by atoms with Crippen molar-refractivity contribution in [1.29, 1.82) is 0 Å². The number of hydrogen-bond acceptors (Lipinski definition) is 3. The van der Waals surface area contributed by atoms with Crippen molar-refractivity contribution in [3.8, 4) is 5.75 Å². The number of para-hydroxylation sites is 1. The number of rotatable bonds is 7. The summed E-state index contributed by atoms with van der Waals surface area (Å²) in [5, 5.41) is 11.4. The molecule has 1 aromatic carbocycles. The fraction of sp³-hybridized carbons (Fsp3) is 0.462. The van der Waals surface area contributed by atoms with E-state index in [4.69, 9.17) is 9.84 Å². The van der Waals surface area contributed by atoms with Crippen LogP contribution in [0.15, 0.2) is 24.3 Å². The molecule has 0 heterocycles. The zero-order valence-electron chi connectivity index (χ0n) is 10.4. The van der Waals surface area contributed by atoms with Crippen LogP contribution < -0.4 is 10.1 Å². The third-order valence-electron chi connectivity index (χ3n) is 2.32. The zero-order chi connectivity index (χ0) is 13.4. The summed E-state index contributed by atoms with van der Waals surface area (Å²) < 4.78 is 18.4. The van der Waals surface area contributed by atoms with Gasteiger partial charge in [-0.25, -0.2) is 4.39 Å². The summed E-state index contributed by atoms with van der Waals surface area (Å²) in [5.74, 6) is -0.355. The molecular weight excluding hydrogens is 237 g/mol. The van der Waals surface area contributed by atoms with E-state index in [0.717, 1.165) is 0 Å². The van der Waals surface area contributed by atoms with Crippen LogP contribution in [-0.4, -0.2) is 30.3 Å². The molecular formula is C13H18FNO3. The summed E-state index contributed by atoms with van der Waals surface area (Å²) in [6.45, 7) is 1.91. The molecule has 1 rings (SSSR count). The molecule has 5 heteroatoms. The predicted molar refractivity (Wildman–Crippen MR) is 65.8 cm³/mol. The molecule has 2 N–H and O–H groups in total. The van der Waals surface area contributed by atoms with Gasteiger partial charge < -0.3 is 15.2 Å². The highest BCUT2D eigenvalue weighted by Gasteiger charge is 2.06. The van der Waals surface area contributed by atoms with Crippen LogP contribution in [0.25, 0.3) is 0 Å². The number of amides is 1. The van der Waals surface area contributed by atoms with E-state index >= 15 is 0 Å². The van der Waals surface area contributed by atoms with E-state index in [1.807, 2.05) is 0 Å². The molecule has 1 unspecified atom stereocenters. The van der Waals surface area contributed by atoms with Gasteiger partial charge in [0.2, 0.25) is 5.91 Å². The van der Waals surface area contributed by atoms with Crippen LogP contribution in [0.4, 0.5) is 4.39 Å². The van der Waals surface area contributed by atoms with Gasteiger partial charge in [-0.05, 0) is 25.5 Å². The van der Waals surface area contributed by atoms with Gasteiger partial charge >= 0.3 is 0 Å². The maximum Gasteiger partial charge on any atom is 0.220 e. The largest absolute Gasteiger partial charge is 0.491 e. The van der Waals surface area contributed by atoms with E-state index in [0.29, 0.717) is 12.8 Å². The number of nitrogens with one attached hydrogen (secondary N) is 1. The molecule has 0 spiro atoms. The van der Waals surface area contributed by atoms with Gasteiger partial charge in [-0.1, -0.05) is 12.1 Å². The Labute approximate surface area is 106 Å². The first-order valence-corrected chi connectivity index (χ1v) is 5.91. The molecule has 4 nitrogen and oxygen atoms in total. The summed E-state index contributed by atoms with van der Waals surface area (Å²) in [6.07, 6.45) is 0.789. The maximum atomic E-state index is 13.2. The van der Waals surface area contributed by atoms with Crippen molar-refractivity contribution >= 4 is 5.91 Å². The molecule has 1 atom stereocenters. The smallest absolute Gasteiger partial charge is 0.220 e. The van der Waals surface area contributed by atoms with E-state index in [-0.39, 0.29) is 30.9 Å². The van der Waals surface area contributed by atoms with Gasteiger partial charge in [-0.2, -0.15) is 0 Å². The van der Waals surface area contributed by atoms with Crippen molar-refractivity contribution < 1.29 is 19.0 Å². The zero-order valence-corrected chi connectivity index (χ0v) is 10.4. The third kappa shape index (κ3) is 5.14. The van der Waals surface area contributed by atoms with Crippen LogP contribution in [0.3, 0.4) is 0 Å². The average Bonchev–Trinajstić information content (AvgIpc) is 2.36. The monoisotopic (exact) mass is 255 g/mol. The second-order valence-corrected chi connectivity index (χ2v) is 4.03. The fourth-order valence-corrected chi connectivity index (χ4v) is 1.37. The summed E-state index contributed by atoms with van der Waals surface area (Å²) in [5.41, 5.74) is 0. The number of hydrogen-bond donors (Lipinski definition) is 2. The highest BCUT2D eigenvalue weighted by Crippen LogP contribution is 2.15. The lowest BCUT2D eigenvalue weighted by Crippen LogP contribution is -2.34. The Hall–Kier alpha value is -1.62. The summed E-state index contributed by atoms with van der Waals surface area (Å²) in [7, 11) is 0. The molecule has 0 aliphatic carbocycles. The van der Waals surface area contributed by atoms with Crippen LogP contribution >= 0.6 is 0 Å². The lowest BCUT2D eigenvalue weighted by Gasteiger charge is -2.11. The van der Waals surface area contributed by atoms with Gasteiger partial charge in [0.05, 0.1) is 13.2 Å². The first-order chi connectivity index (χ1) is 8.63. The predicted octanol–water partition coefficient (Wildman–Crippen LogP) is 1.48. The summed E-state index contributed by atoms with van der Waals surface area (Å²) >= 11 is 0. The molecule has 18 heavy (non-hydrogen) atoms. The van der Waals surface area contributed by atoms with Crippen LogP contribution in [0.1, 0.15) is 19.8 Å². The number of aliphatic hydroxyl groups is 1. The number of halogens is 1. The van der Waals surface area contributed by atoms with E-state index in [9.17, 15) is 9.18 Å². The SMILES string of the molecule is CC(CO)NC(=O)CCCOc1ccccc1F. The molecule has 0 aromatic heterocycles. The molecule has 0 bridgehead atoms. The van der Waals surface area contributed by atoms with Gasteiger partial charge in [0.25, 0.3) is 0 Å². The summed E-state index contributed by atoms with van der Waals surface area (Å²) in [6, 6.07) is 5.90. The Kier molecular flexibility index (Phi) is 6.14. The van der Waals surface area contributed by atoms with Crippen LogP contribution in [0, 0.1) is 5.82 Å². The summed E-state index contributed by atoms with van der Waals surface area (Å²) in [4.78, 5) is 11.3. The molecule has 0 saturated heterocycles. The number of carbonyl (C=O) groups is 1. The first kappa shape index (κ1) is 14.4. The van der Waals surface area contributed by atoms with Crippen LogP contribution in [0.5, 0.6) is 5.75 Å². The standard InChI is InChI=1S/C13H18FNO3/c1-10(9-16)15-13(17)7-4-8-18-12-6-3-2-5-11(12)14/h2-3,5-6,10,16H,4,7-9H2,1H3,(H,15,17). The molecule has 0 radical (unpaired) electrons. The number of benzene rings is 1. The van der Waals surface area contributed by atoms with Crippen LogP contribution in [0.2, 0.25) is 0 Å². The van der Waals surface area contributed by atoms with Crippen molar-refractivity contribution in [1.82, 2.24) is 5.32 Å². The molecule has 1 amide bonds. The Morgan fingerprint density at radius 2 is 2.22 bits per heavy atom. The van der Waals surface area contributed by atoms with Gasteiger partial charge in [0, 0.05) is 12.5 Å². The lowest BCUT2D eigenvalue weighted by molar-refractivity contribution is -0.122. The molecule has 0 aliphatic heterocycles. The normalized spacial score (nSPS) is 11.9. The van der Waals surface area contributed by atoms with Gasteiger partial charge in [0.1, 0.15) is 0 Å². The molecule has 100 valence electrons.